The number of hydrogen-bond acceptors (Lipinski definition) is 15. The van der Waals surface area contributed by atoms with Crippen LogP contribution in [-0.2, 0) is 30.2 Å². The van der Waals surface area contributed by atoms with E-state index in [1.54, 1.807) is 4.57 Å². The van der Waals surface area contributed by atoms with Crippen LogP contribution in [0.5, 0.6) is 0 Å². The number of thiol groups is 1. The second-order valence-corrected chi connectivity index (χ2v) is 16.4. The number of halogens is 1. The highest BCUT2D eigenvalue weighted by Crippen LogP contribution is 2.62. The lowest BCUT2D eigenvalue weighted by Crippen LogP contribution is -2.33. The molecule has 0 aliphatic carbocycles. The summed E-state index contributed by atoms with van der Waals surface area (Å²) >= 11 is 10.7. The quantitative estimate of drug-likeness (QED) is 0.106. The summed E-state index contributed by atoms with van der Waals surface area (Å²) in [6.07, 6.45) is -1.73. The molecule has 0 amide bonds. The van der Waals surface area contributed by atoms with Crippen molar-refractivity contribution in [3.8, 4) is 0 Å². The highest BCUT2D eigenvalue weighted by Gasteiger charge is 2.53. The van der Waals surface area contributed by atoms with E-state index in [-0.39, 0.29) is 52.4 Å². The van der Waals surface area contributed by atoms with Crippen LogP contribution in [0, 0.1) is 0 Å². The molecular weight excluding hydrogens is 669 g/mol. The standard InChI is InChI=1S/C20H23FN10O7P2S3/c21-10-13(38-39(34)41)8(37-18(10)30-5-26-11-14(22)24-4-25-15(11)30)3-36-40(35,42)9-1-7(2-32)43-19(9)31-6-27-12-16(31)28-20(23)29-17(12)33/h4-10,13,18-19,32H,1-3H2,(H6-,22,23,24,25,28,29,33,34,35,41,42)/p+1/t7-,8+,9+,10-,13+,18+,19+,40?/m0/s1. The number of hydrogen-bond donors (Lipinski definition) is 6. The van der Waals surface area contributed by atoms with E-state index < -0.39 is 61.5 Å². The third-order valence-electron chi connectivity index (χ3n) is 7.08. The number of rotatable bonds is 9. The van der Waals surface area contributed by atoms with Gasteiger partial charge in [0.25, 0.3) is 5.56 Å². The average molecular weight is 694 g/mol. The van der Waals surface area contributed by atoms with Crippen LogP contribution in [-0.4, -0.2) is 91.5 Å². The van der Waals surface area contributed by atoms with Gasteiger partial charge in [-0.2, -0.15) is 4.98 Å². The number of nitrogen functional groups attached to an aromatic ring is 2. The summed E-state index contributed by atoms with van der Waals surface area (Å²) in [5, 5.41) is 8.94. The van der Waals surface area contributed by atoms with Crippen molar-refractivity contribution in [1.82, 2.24) is 39.0 Å². The number of anilines is 2. The van der Waals surface area contributed by atoms with Crippen LogP contribution in [0.25, 0.3) is 22.3 Å². The first kappa shape index (κ1) is 30.7. The maximum absolute atomic E-state index is 15.8. The summed E-state index contributed by atoms with van der Waals surface area (Å²) in [5.41, 5.74) is 10.9. The lowest BCUT2D eigenvalue weighted by molar-refractivity contribution is -0.0384. The molecule has 0 saturated carbocycles. The van der Waals surface area contributed by atoms with Crippen LogP contribution in [0.2, 0.25) is 0 Å². The molecule has 23 heteroatoms. The molecule has 9 atom stereocenters. The Kier molecular flexibility index (Phi) is 8.48. The Morgan fingerprint density at radius 2 is 2.00 bits per heavy atom. The van der Waals surface area contributed by atoms with Crippen LogP contribution in [0.1, 0.15) is 18.0 Å². The maximum atomic E-state index is 15.8. The van der Waals surface area contributed by atoms with Gasteiger partial charge in [0, 0.05) is 5.25 Å². The van der Waals surface area contributed by atoms with Gasteiger partial charge in [0.05, 0.1) is 36.9 Å². The third-order valence-corrected chi connectivity index (χ3v) is 12.5. The molecule has 43 heavy (non-hydrogen) atoms. The minimum atomic E-state index is -3.75. The van der Waals surface area contributed by atoms with E-state index in [4.69, 9.17) is 37.1 Å². The van der Waals surface area contributed by atoms with Gasteiger partial charge in [-0.15, -0.1) is 16.3 Å². The fourth-order valence-corrected chi connectivity index (χ4v) is 10.7. The molecule has 230 valence electrons. The maximum Gasteiger partial charge on any atom is 0.582 e. The summed E-state index contributed by atoms with van der Waals surface area (Å²) in [4.78, 5) is 46.7. The number of nitrogens with zero attached hydrogens (tertiary/aromatic N) is 7. The van der Waals surface area contributed by atoms with Crippen LogP contribution < -0.4 is 17.0 Å². The van der Waals surface area contributed by atoms with Gasteiger partial charge in [0.1, 0.15) is 30.2 Å². The number of nitrogens with two attached hydrogens (primary N) is 2. The first-order valence-corrected chi connectivity index (χ1v) is 18.5. The van der Waals surface area contributed by atoms with Crippen LogP contribution in [0.15, 0.2) is 23.8 Å². The van der Waals surface area contributed by atoms with Crippen molar-refractivity contribution in [2.75, 3.05) is 24.7 Å². The summed E-state index contributed by atoms with van der Waals surface area (Å²) in [5.74, 6) is -0.0399. The van der Waals surface area contributed by atoms with Crippen molar-refractivity contribution in [1.29, 1.82) is 0 Å². The molecule has 7 N–H and O–H groups in total. The van der Waals surface area contributed by atoms with Crippen LogP contribution >= 0.6 is 37.7 Å². The molecule has 17 nitrogen and oxygen atoms in total. The number of fused-ring (bicyclic) bond motifs is 2. The predicted molar refractivity (Wildman–Crippen MR) is 161 cm³/mol. The first-order chi connectivity index (χ1) is 20.5. The third kappa shape index (κ3) is 5.67. The van der Waals surface area contributed by atoms with Gasteiger partial charge in [0.2, 0.25) is 5.95 Å². The van der Waals surface area contributed by atoms with Gasteiger partial charge >= 0.3 is 7.23 Å². The minimum Gasteiger partial charge on any atom is -0.395 e. The largest absolute Gasteiger partial charge is 0.582 e. The summed E-state index contributed by atoms with van der Waals surface area (Å²) in [6, 6.07) is 0. The van der Waals surface area contributed by atoms with Crippen molar-refractivity contribution in [2.45, 2.75) is 47.3 Å². The number of imidazole rings is 2. The van der Waals surface area contributed by atoms with Crippen LogP contribution in [0.3, 0.4) is 0 Å². The second-order valence-electron chi connectivity index (χ2n) is 9.67. The number of aliphatic hydroxyl groups is 1. The molecule has 0 radical (unpaired) electrons. The SMILES string of the molecule is Nc1nc2c(ncn2[C@@H]2S[C@H](CO)C[C@H]2P(O)(=S)OC[C@H]2O[C@@H](n3cnc4c(N)ncnc43)[C@@H](F)[C@@H]2O[P+](=O)S)c(=O)[nH]1. The second kappa shape index (κ2) is 11.9. The lowest BCUT2D eigenvalue weighted by atomic mass is 10.1. The van der Waals surface area contributed by atoms with E-state index in [9.17, 15) is 19.4 Å². The molecule has 4 aromatic heterocycles. The van der Waals surface area contributed by atoms with E-state index in [1.165, 1.54) is 35.3 Å². The zero-order valence-corrected chi connectivity index (χ0v) is 26.0. The fourth-order valence-electron chi connectivity index (χ4n) is 5.14. The van der Waals surface area contributed by atoms with E-state index in [1.807, 2.05) is 0 Å². The lowest BCUT2D eigenvalue weighted by Gasteiger charge is -2.29. The highest BCUT2D eigenvalue weighted by molar-refractivity contribution is 8.39. The van der Waals surface area contributed by atoms with Crippen molar-refractivity contribution in [3.05, 3.63) is 29.3 Å². The Balaban J connectivity index is 1.26. The van der Waals surface area contributed by atoms with Crippen molar-refractivity contribution in [3.63, 3.8) is 0 Å². The van der Waals surface area contributed by atoms with Gasteiger partial charge < -0.3 is 35.3 Å². The normalized spacial score (nSPS) is 29.4. The fraction of sp³-hybridized carbons (Fsp3) is 0.500. The van der Waals surface area contributed by atoms with Crippen molar-refractivity contribution < 1.29 is 32.7 Å². The highest BCUT2D eigenvalue weighted by atomic mass is 32.7. The topological polar surface area (TPSA) is 244 Å². The number of ether oxygens (including phenoxy) is 1. The van der Waals surface area contributed by atoms with Gasteiger partial charge in [-0.05, 0) is 22.8 Å². The number of aliphatic hydroxyl groups excluding tert-OH is 1. The molecule has 2 unspecified atom stereocenters. The monoisotopic (exact) mass is 693 g/mol. The number of H-pyrrole nitrogens is 1. The number of alkyl halides is 1. The molecule has 2 aliphatic rings. The molecule has 2 aliphatic heterocycles. The van der Waals surface area contributed by atoms with Crippen molar-refractivity contribution in [2.24, 2.45) is 0 Å². The zero-order chi connectivity index (χ0) is 30.6. The zero-order valence-electron chi connectivity index (χ0n) is 21.7. The average Bonchev–Trinajstić information content (AvgIpc) is 3.73. The first-order valence-electron chi connectivity index (χ1n) is 12.5. The van der Waals surface area contributed by atoms with Gasteiger partial charge in [-0.3, -0.25) is 14.3 Å². The Hall–Kier alpha value is -2.32. The number of nitrogens with one attached hydrogen (secondary N) is 1. The summed E-state index contributed by atoms with van der Waals surface area (Å²) < 4.78 is 47.6. The molecule has 0 bridgehead atoms. The smallest absolute Gasteiger partial charge is 0.395 e. The molecule has 4 aromatic rings. The predicted octanol–water partition coefficient (Wildman–Crippen LogP) is 1.02. The van der Waals surface area contributed by atoms with E-state index in [0.29, 0.717) is 0 Å². The van der Waals surface area contributed by atoms with Crippen LogP contribution in [0.4, 0.5) is 16.2 Å². The summed E-state index contributed by atoms with van der Waals surface area (Å²) in [7, 11) is -2.56. The molecule has 0 aromatic carbocycles. The Morgan fingerprint density at radius 1 is 1.26 bits per heavy atom. The van der Waals surface area contributed by atoms with Gasteiger partial charge in [0.15, 0.2) is 47.6 Å². The number of aromatic amines is 1. The van der Waals surface area contributed by atoms with E-state index >= 15 is 4.39 Å². The van der Waals surface area contributed by atoms with Gasteiger partial charge in [-0.1, -0.05) is 0 Å². The Bertz CT molecular complexity index is 1810. The number of thioether (sulfide) groups is 1. The summed E-state index contributed by atoms with van der Waals surface area (Å²) in [6.45, 7) is -4.41. The van der Waals surface area contributed by atoms with E-state index in [0.717, 1.165) is 0 Å². The van der Waals surface area contributed by atoms with Gasteiger partial charge in [-0.25, -0.2) is 24.3 Å². The van der Waals surface area contributed by atoms with Crippen molar-refractivity contribution >= 4 is 83.6 Å². The number of aromatic nitrogens is 8. The molecule has 2 saturated heterocycles. The minimum absolute atomic E-state index is 0.0347. The molecule has 2 fully saturated rings. The Labute approximate surface area is 256 Å². The molecule has 6 heterocycles. The molecular formula is C20H24FN10O7P2S3+. The molecule has 6 rings (SSSR count). The molecule has 0 spiro atoms. The Morgan fingerprint density at radius 3 is 2.74 bits per heavy atom. The van der Waals surface area contributed by atoms with E-state index in [2.05, 4.69) is 42.2 Å².